The van der Waals surface area contributed by atoms with Gasteiger partial charge in [0.25, 0.3) is 0 Å². The zero-order valence-electron chi connectivity index (χ0n) is 12.0. The van der Waals surface area contributed by atoms with Gasteiger partial charge in [0.1, 0.15) is 0 Å². The van der Waals surface area contributed by atoms with Crippen LogP contribution in [0.3, 0.4) is 0 Å². The van der Waals surface area contributed by atoms with Crippen LogP contribution in [0.15, 0.2) is 24.3 Å². The summed E-state index contributed by atoms with van der Waals surface area (Å²) in [6.07, 6.45) is 5.10. The van der Waals surface area contributed by atoms with Crippen molar-refractivity contribution in [3.8, 4) is 0 Å². The second kappa shape index (κ2) is 6.85. The predicted octanol–water partition coefficient (Wildman–Crippen LogP) is 2.12. The molecule has 1 aromatic rings. The number of thioether (sulfide) groups is 1. The van der Waals surface area contributed by atoms with E-state index in [-0.39, 0.29) is 16.3 Å². The Labute approximate surface area is 128 Å². The highest BCUT2D eigenvalue weighted by molar-refractivity contribution is 8.00. The van der Waals surface area contributed by atoms with Crippen LogP contribution in [0, 0.1) is 0 Å². The Kier molecular flexibility index (Phi) is 5.12. The third-order valence-electron chi connectivity index (χ3n) is 3.71. The maximum absolute atomic E-state index is 11.7. The van der Waals surface area contributed by atoms with Gasteiger partial charge in [-0.1, -0.05) is 12.1 Å². The van der Waals surface area contributed by atoms with Crippen molar-refractivity contribution >= 4 is 23.8 Å². The van der Waals surface area contributed by atoms with Crippen molar-refractivity contribution in [1.29, 1.82) is 0 Å². The number of urea groups is 1. The second-order valence-electron chi connectivity index (χ2n) is 5.25. The fraction of sp³-hybridized carbons (Fsp3) is 0.467. The monoisotopic (exact) mass is 308 g/mol. The van der Waals surface area contributed by atoms with E-state index in [2.05, 4.69) is 16.9 Å². The highest BCUT2D eigenvalue weighted by Gasteiger charge is 2.41. The number of hydrogen-bond donors (Lipinski definition) is 3. The zero-order valence-corrected chi connectivity index (χ0v) is 12.8. The van der Waals surface area contributed by atoms with Crippen LogP contribution in [-0.4, -0.2) is 41.2 Å². The summed E-state index contributed by atoms with van der Waals surface area (Å²) < 4.78 is 0.268. The third kappa shape index (κ3) is 4.67. The lowest BCUT2D eigenvalue weighted by atomic mass is 10.1. The summed E-state index contributed by atoms with van der Waals surface area (Å²) in [5.41, 5.74) is 1.28. The Morgan fingerprint density at radius 1 is 1.24 bits per heavy atom. The summed E-state index contributed by atoms with van der Waals surface area (Å²) in [6, 6.07) is 6.56. The van der Waals surface area contributed by atoms with Gasteiger partial charge in [0.2, 0.25) is 0 Å². The maximum Gasteiger partial charge on any atom is 0.335 e. The lowest BCUT2D eigenvalue weighted by Crippen LogP contribution is -2.40. The summed E-state index contributed by atoms with van der Waals surface area (Å²) >= 11 is 1.81. The van der Waals surface area contributed by atoms with Crippen LogP contribution in [0.1, 0.15) is 28.8 Å². The summed E-state index contributed by atoms with van der Waals surface area (Å²) in [7, 11) is 0. The molecule has 1 aliphatic carbocycles. The van der Waals surface area contributed by atoms with Crippen LogP contribution in [0.2, 0.25) is 0 Å². The van der Waals surface area contributed by atoms with Crippen molar-refractivity contribution in [3.63, 3.8) is 0 Å². The molecule has 0 bridgehead atoms. The SMILES string of the molecule is CSC1(CNC(=O)NCCc2ccc(C(=O)O)cc2)CC1. The first-order chi connectivity index (χ1) is 10.0. The molecule has 5 nitrogen and oxygen atoms in total. The smallest absolute Gasteiger partial charge is 0.335 e. The molecule has 1 saturated carbocycles. The van der Waals surface area contributed by atoms with E-state index in [1.807, 2.05) is 11.8 Å². The minimum absolute atomic E-state index is 0.141. The number of hydrogen-bond acceptors (Lipinski definition) is 3. The Balaban J connectivity index is 1.66. The lowest BCUT2D eigenvalue weighted by molar-refractivity contribution is 0.0697. The first kappa shape index (κ1) is 15.7. The number of carbonyl (C=O) groups excluding carboxylic acids is 1. The molecular weight excluding hydrogens is 288 g/mol. The Hall–Kier alpha value is -1.69. The standard InChI is InChI=1S/C15H20N2O3S/c1-21-15(7-8-15)10-17-14(20)16-9-6-11-2-4-12(5-3-11)13(18)19/h2-5H,6-10H2,1H3,(H,18,19)(H2,16,17,20). The first-order valence-electron chi connectivity index (χ1n) is 6.94. The van der Waals surface area contributed by atoms with E-state index in [4.69, 9.17) is 5.11 Å². The van der Waals surface area contributed by atoms with E-state index < -0.39 is 5.97 Å². The van der Waals surface area contributed by atoms with Gasteiger partial charge in [-0.2, -0.15) is 11.8 Å². The number of amides is 2. The first-order valence-corrected chi connectivity index (χ1v) is 8.16. The minimum Gasteiger partial charge on any atom is -0.478 e. The summed E-state index contributed by atoms with van der Waals surface area (Å²) in [6.45, 7) is 1.25. The van der Waals surface area contributed by atoms with Gasteiger partial charge in [0.15, 0.2) is 0 Å². The van der Waals surface area contributed by atoms with E-state index in [1.165, 1.54) is 12.8 Å². The van der Waals surface area contributed by atoms with Gasteiger partial charge in [-0.05, 0) is 43.2 Å². The van der Waals surface area contributed by atoms with E-state index in [9.17, 15) is 9.59 Å². The van der Waals surface area contributed by atoms with Crippen molar-refractivity contribution in [3.05, 3.63) is 35.4 Å². The normalized spacial score (nSPS) is 15.3. The highest BCUT2D eigenvalue weighted by atomic mass is 32.2. The topological polar surface area (TPSA) is 78.4 Å². The van der Waals surface area contributed by atoms with Gasteiger partial charge in [-0.25, -0.2) is 9.59 Å². The quantitative estimate of drug-likeness (QED) is 0.721. The summed E-state index contributed by atoms with van der Waals surface area (Å²) in [5, 5.41) is 14.5. The number of carboxylic acid groups (broad SMARTS) is 1. The van der Waals surface area contributed by atoms with Gasteiger partial charge in [0.05, 0.1) is 5.56 Å². The molecular formula is C15H20N2O3S. The van der Waals surface area contributed by atoms with Crippen molar-refractivity contribution in [1.82, 2.24) is 10.6 Å². The van der Waals surface area contributed by atoms with Crippen molar-refractivity contribution in [2.45, 2.75) is 24.0 Å². The van der Waals surface area contributed by atoms with Gasteiger partial charge in [0, 0.05) is 17.8 Å². The Morgan fingerprint density at radius 3 is 2.43 bits per heavy atom. The number of benzene rings is 1. The molecule has 0 atom stereocenters. The van der Waals surface area contributed by atoms with Gasteiger partial charge >= 0.3 is 12.0 Å². The molecule has 1 aliphatic rings. The molecule has 0 aromatic heterocycles. The molecule has 0 unspecified atom stereocenters. The molecule has 0 heterocycles. The third-order valence-corrected chi connectivity index (χ3v) is 5.13. The zero-order chi connectivity index (χ0) is 15.3. The maximum atomic E-state index is 11.7. The molecule has 2 rings (SSSR count). The van der Waals surface area contributed by atoms with Crippen molar-refractivity contribution in [2.75, 3.05) is 19.3 Å². The average Bonchev–Trinajstić information content (AvgIpc) is 3.26. The number of carbonyl (C=O) groups is 2. The number of nitrogens with one attached hydrogen (secondary N) is 2. The average molecular weight is 308 g/mol. The molecule has 2 amide bonds. The minimum atomic E-state index is -0.929. The number of aromatic carboxylic acids is 1. The van der Waals surface area contributed by atoms with E-state index in [0.29, 0.717) is 19.5 Å². The van der Waals surface area contributed by atoms with Crippen LogP contribution in [0.25, 0.3) is 0 Å². The van der Waals surface area contributed by atoms with Gasteiger partial charge in [-0.3, -0.25) is 0 Å². The lowest BCUT2D eigenvalue weighted by Gasteiger charge is -2.13. The van der Waals surface area contributed by atoms with Gasteiger partial charge < -0.3 is 15.7 Å². The molecule has 1 aromatic carbocycles. The molecule has 6 heteroatoms. The molecule has 0 radical (unpaired) electrons. The molecule has 0 saturated heterocycles. The van der Waals surface area contributed by atoms with E-state index in [0.717, 1.165) is 5.56 Å². The molecule has 114 valence electrons. The molecule has 0 aliphatic heterocycles. The van der Waals surface area contributed by atoms with Crippen molar-refractivity contribution in [2.24, 2.45) is 0 Å². The fourth-order valence-corrected chi connectivity index (χ4v) is 2.76. The molecule has 1 fully saturated rings. The van der Waals surface area contributed by atoms with E-state index in [1.54, 1.807) is 24.3 Å². The van der Waals surface area contributed by atoms with E-state index >= 15 is 0 Å². The fourth-order valence-electron chi connectivity index (χ4n) is 2.03. The van der Waals surface area contributed by atoms with Crippen LogP contribution in [0.5, 0.6) is 0 Å². The van der Waals surface area contributed by atoms with Crippen molar-refractivity contribution < 1.29 is 14.7 Å². The molecule has 3 N–H and O–H groups in total. The second-order valence-corrected chi connectivity index (χ2v) is 6.52. The molecule has 21 heavy (non-hydrogen) atoms. The van der Waals surface area contributed by atoms with Crippen LogP contribution < -0.4 is 10.6 Å². The number of rotatable bonds is 7. The predicted molar refractivity (Wildman–Crippen MR) is 84.0 cm³/mol. The van der Waals surface area contributed by atoms with Crippen LogP contribution in [0.4, 0.5) is 4.79 Å². The van der Waals surface area contributed by atoms with Crippen LogP contribution >= 0.6 is 11.8 Å². The largest absolute Gasteiger partial charge is 0.478 e. The molecule has 0 spiro atoms. The highest BCUT2D eigenvalue weighted by Crippen LogP contribution is 2.46. The van der Waals surface area contributed by atoms with Crippen LogP contribution in [-0.2, 0) is 6.42 Å². The van der Waals surface area contributed by atoms with Gasteiger partial charge in [-0.15, -0.1) is 0 Å². The Morgan fingerprint density at radius 2 is 1.90 bits per heavy atom. The summed E-state index contributed by atoms with van der Waals surface area (Å²) in [5.74, 6) is -0.929. The number of carboxylic acids is 1. The summed E-state index contributed by atoms with van der Waals surface area (Å²) in [4.78, 5) is 22.4. The Bertz CT molecular complexity index is 512.